The standard InChI is InChI=1S/ClH2NO3S.K/c1-2-6(3,4)5;/h2H,(H,3,4,5);/q;+1/p-1. The van der Waals surface area contributed by atoms with Gasteiger partial charge in [-0.2, -0.15) is 0 Å². The third-order valence-electron chi connectivity index (χ3n) is 0.0945. The summed E-state index contributed by atoms with van der Waals surface area (Å²) in [6, 6.07) is 0. The molecule has 4 nitrogen and oxygen atoms in total. The van der Waals surface area contributed by atoms with E-state index in [2.05, 4.69) is 11.8 Å². The first-order valence-corrected chi connectivity index (χ1v) is 2.68. The summed E-state index contributed by atoms with van der Waals surface area (Å²) in [6.45, 7) is 0. The van der Waals surface area contributed by atoms with Gasteiger partial charge in [0.2, 0.25) is 0 Å². The summed E-state index contributed by atoms with van der Waals surface area (Å²) in [5, 5.41) is 0. The Morgan fingerprint density at radius 2 is 1.71 bits per heavy atom. The van der Waals surface area contributed by atoms with Gasteiger partial charge in [-0.15, -0.1) is 4.24 Å². The number of halogens is 1. The molecular formula is HClKNO3S. The molecule has 0 aromatic heterocycles. The summed E-state index contributed by atoms with van der Waals surface area (Å²) in [6.07, 6.45) is 0. The van der Waals surface area contributed by atoms with Crippen molar-refractivity contribution in [1.82, 2.24) is 4.24 Å². The molecule has 0 aromatic carbocycles. The van der Waals surface area contributed by atoms with Crippen LogP contribution < -0.4 is 55.6 Å². The van der Waals surface area contributed by atoms with Crippen molar-refractivity contribution in [2.24, 2.45) is 0 Å². The predicted molar refractivity (Wildman–Crippen MR) is 18.7 cm³/mol. The largest absolute Gasteiger partial charge is 1.00 e. The van der Waals surface area contributed by atoms with Crippen molar-refractivity contribution in [2.75, 3.05) is 0 Å². The quantitative estimate of drug-likeness (QED) is 0.249. The van der Waals surface area contributed by atoms with Gasteiger partial charge in [0.05, 0.1) is 0 Å². The van der Waals surface area contributed by atoms with E-state index in [4.69, 9.17) is 0 Å². The van der Waals surface area contributed by atoms with Crippen molar-refractivity contribution in [2.45, 2.75) is 0 Å². The molecule has 0 radical (unpaired) electrons. The molecule has 0 aliphatic heterocycles. The van der Waals surface area contributed by atoms with Crippen LogP contribution in [0.15, 0.2) is 0 Å². The van der Waals surface area contributed by atoms with Crippen LogP contribution in [0.1, 0.15) is 0 Å². The van der Waals surface area contributed by atoms with Gasteiger partial charge in [0.1, 0.15) is 0 Å². The van der Waals surface area contributed by atoms with E-state index in [0.717, 1.165) is 4.24 Å². The smallest absolute Gasteiger partial charge is 0.735 e. The SMILES string of the molecule is O=S(=O)([O-])NCl.[K+]. The first-order valence-electron chi connectivity index (χ1n) is 0.893. The van der Waals surface area contributed by atoms with Crippen molar-refractivity contribution in [1.29, 1.82) is 0 Å². The zero-order valence-electron chi connectivity index (χ0n) is 3.51. The van der Waals surface area contributed by atoms with Crippen LogP contribution in [0, 0.1) is 0 Å². The maximum atomic E-state index is 9.20. The Morgan fingerprint density at radius 3 is 1.71 bits per heavy atom. The molecule has 0 aromatic rings. The van der Waals surface area contributed by atoms with Crippen LogP contribution in [0.3, 0.4) is 0 Å². The van der Waals surface area contributed by atoms with Gasteiger partial charge in [-0.1, -0.05) is 0 Å². The Kier molecular flexibility index (Phi) is 7.70. The van der Waals surface area contributed by atoms with Gasteiger partial charge in [-0.25, -0.2) is 8.42 Å². The zero-order chi connectivity index (χ0) is 5.21. The summed E-state index contributed by atoms with van der Waals surface area (Å²) >= 11 is 4.33. The number of nitrogens with one attached hydrogen (secondary N) is 1. The molecule has 7 heteroatoms. The van der Waals surface area contributed by atoms with Gasteiger partial charge in [0.15, 0.2) is 10.3 Å². The van der Waals surface area contributed by atoms with Gasteiger partial charge in [0, 0.05) is 0 Å². The van der Waals surface area contributed by atoms with Crippen LogP contribution in [-0.4, -0.2) is 13.0 Å². The van der Waals surface area contributed by atoms with Crippen molar-refractivity contribution in [3.05, 3.63) is 0 Å². The van der Waals surface area contributed by atoms with E-state index in [0.29, 0.717) is 0 Å². The third kappa shape index (κ3) is 11.4. The molecule has 7 heavy (non-hydrogen) atoms. The minimum absolute atomic E-state index is 0. The molecule has 0 rings (SSSR count). The molecule has 0 spiro atoms. The zero-order valence-corrected chi connectivity index (χ0v) is 8.21. The molecule has 0 amide bonds. The van der Waals surface area contributed by atoms with Crippen molar-refractivity contribution < 1.29 is 64.4 Å². The number of hydrogen-bond acceptors (Lipinski definition) is 3. The average molecular weight is 170 g/mol. The van der Waals surface area contributed by atoms with Crippen molar-refractivity contribution in [3.8, 4) is 0 Å². The summed E-state index contributed by atoms with van der Waals surface area (Å²) in [7, 11) is -4.40. The number of rotatable bonds is 1. The molecule has 0 saturated carbocycles. The minimum atomic E-state index is -4.40. The van der Waals surface area contributed by atoms with E-state index >= 15 is 0 Å². The Hall–Kier alpha value is 1.80. The van der Waals surface area contributed by atoms with E-state index < -0.39 is 10.3 Å². The van der Waals surface area contributed by atoms with Gasteiger partial charge in [-0.3, -0.25) is 0 Å². The fourth-order valence-electron chi connectivity index (χ4n) is 0. The normalized spacial score (nSPS) is 10.0. The van der Waals surface area contributed by atoms with E-state index in [1.807, 2.05) is 0 Å². The first kappa shape index (κ1) is 11.6. The summed E-state index contributed by atoms with van der Waals surface area (Å²) < 4.78 is 28.6. The van der Waals surface area contributed by atoms with E-state index in [1.54, 1.807) is 0 Å². The average Bonchev–Trinajstić information content (AvgIpc) is 1.35. The Balaban J connectivity index is 0. The van der Waals surface area contributed by atoms with Gasteiger partial charge < -0.3 is 4.55 Å². The topological polar surface area (TPSA) is 69.2 Å². The number of hydrogen-bond donors (Lipinski definition) is 1. The second-order valence-corrected chi connectivity index (χ2v) is 2.06. The van der Waals surface area contributed by atoms with E-state index in [-0.39, 0.29) is 51.4 Å². The Labute approximate surface area is 89.0 Å². The molecule has 0 atom stereocenters. The first-order chi connectivity index (χ1) is 2.56. The molecule has 0 unspecified atom stereocenters. The monoisotopic (exact) mass is 169 g/mol. The van der Waals surface area contributed by atoms with Crippen LogP contribution in [0.5, 0.6) is 0 Å². The Morgan fingerprint density at radius 1 is 1.57 bits per heavy atom. The van der Waals surface area contributed by atoms with Crippen LogP contribution in [0.2, 0.25) is 0 Å². The predicted octanol–water partition coefficient (Wildman–Crippen LogP) is -3.81. The van der Waals surface area contributed by atoms with Gasteiger partial charge in [0.25, 0.3) is 0 Å². The maximum Gasteiger partial charge on any atom is 1.00 e. The molecule has 38 valence electrons. The van der Waals surface area contributed by atoms with E-state index in [9.17, 15) is 13.0 Å². The summed E-state index contributed by atoms with van der Waals surface area (Å²) in [5.74, 6) is 0. The van der Waals surface area contributed by atoms with E-state index in [1.165, 1.54) is 0 Å². The van der Waals surface area contributed by atoms with Gasteiger partial charge in [-0.05, 0) is 11.8 Å². The fourth-order valence-corrected chi connectivity index (χ4v) is 0. The minimum Gasteiger partial charge on any atom is -0.735 e. The third-order valence-corrected chi connectivity index (χ3v) is 0.850. The second-order valence-electron chi connectivity index (χ2n) is 0.531. The van der Waals surface area contributed by atoms with Crippen LogP contribution in [0.25, 0.3) is 0 Å². The Bertz CT molecular complexity index is 117. The summed E-state index contributed by atoms with van der Waals surface area (Å²) in [4.78, 5) is 0. The van der Waals surface area contributed by atoms with Crippen LogP contribution in [0.4, 0.5) is 0 Å². The fraction of sp³-hybridized carbons (Fsp3) is 0. The molecule has 1 N–H and O–H groups in total. The molecule has 0 fully saturated rings. The molecule has 0 aliphatic rings. The molecular weight excluding hydrogens is 169 g/mol. The van der Waals surface area contributed by atoms with Crippen molar-refractivity contribution >= 4 is 22.1 Å². The molecule has 0 bridgehead atoms. The van der Waals surface area contributed by atoms with Crippen LogP contribution >= 0.6 is 11.8 Å². The van der Waals surface area contributed by atoms with Crippen LogP contribution in [-0.2, 0) is 10.3 Å². The molecule has 0 saturated heterocycles. The second kappa shape index (κ2) is 4.65. The summed E-state index contributed by atoms with van der Waals surface area (Å²) in [5.41, 5.74) is 0. The molecule has 0 heterocycles. The van der Waals surface area contributed by atoms with Crippen molar-refractivity contribution in [3.63, 3.8) is 0 Å². The maximum absolute atomic E-state index is 9.20. The molecule has 0 aliphatic carbocycles. The van der Waals surface area contributed by atoms with Gasteiger partial charge >= 0.3 is 51.4 Å².